The maximum atomic E-state index is 14.0. The average Bonchev–Trinajstić information content (AvgIpc) is 2.97. The number of carbonyl (C=O) groups is 3. The molecule has 1 aromatic heterocycles. The lowest BCUT2D eigenvalue weighted by molar-refractivity contribution is -0.143. The summed E-state index contributed by atoms with van der Waals surface area (Å²) in [4.78, 5) is 43.0. The number of aryl methyl sites for hydroxylation is 1. The van der Waals surface area contributed by atoms with Gasteiger partial charge in [-0.1, -0.05) is 12.0 Å². The highest BCUT2D eigenvalue weighted by atomic mass is 19.4. The molecule has 0 bridgehead atoms. The Morgan fingerprint density at radius 1 is 0.900 bits per heavy atom. The Bertz CT molecular complexity index is 1820. The van der Waals surface area contributed by atoms with Crippen molar-refractivity contribution in [2.75, 3.05) is 11.9 Å². The number of amides is 2. The van der Waals surface area contributed by atoms with Gasteiger partial charge in [0.25, 0.3) is 0 Å². The van der Waals surface area contributed by atoms with Crippen molar-refractivity contribution < 1.29 is 55.0 Å². The fourth-order valence-corrected chi connectivity index (χ4v) is 4.79. The SMILES string of the molecule is Cc1cc(F)ccc1-c1cc(C#CC[C@@H](NC(=O)OC(C)(C)C)C(=O)O)ncc1N(C)C(=O)C(C)(C)c1cc(C(F)(F)F)cc(C(F)(F)F)c1. The van der Waals surface area contributed by atoms with Gasteiger partial charge in [0.1, 0.15) is 23.2 Å². The third kappa shape index (κ3) is 9.73. The van der Waals surface area contributed by atoms with Crippen LogP contribution >= 0.6 is 0 Å². The smallest absolute Gasteiger partial charge is 0.416 e. The number of carbonyl (C=O) groups excluding carboxylic acids is 2. The van der Waals surface area contributed by atoms with Crippen molar-refractivity contribution in [2.24, 2.45) is 0 Å². The zero-order chi connectivity index (χ0) is 38.0. The normalized spacial score (nSPS) is 12.8. The van der Waals surface area contributed by atoms with Gasteiger partial charge in [-0.3, -0.25) is 4.79 Å². The molecule has 2 N–H and O–H groups in total. The van der Waals surface area contributed by atoms with Gasteiger partial charge in [0.2, 0.25) is 5.91 Å². The van der Waals surface area contributed by atoms with Crippen molar-refractivity contribution in [3.05, 3.63) is 82.4 Å². The van der Waals surface area contributed by atoms with Crippen LogP contribution in [0.3, 0.4) is 0 Å². The Hall–Kier alpha value is -5.13. The Morgan fingerprint density at radius 3 is 1.96 bits per heavy atom. The van der Waals surface area contributed by atoms with Crippen LogP contribution in [-0.2, 0) is 32.1 Å². The molecular weight excluding hydrogens is 675 g/mol. The first kappa shape index (κ1) is 39.3. The summed E-state index contributed by atoms with van der Waals surface area (Å²) in [5.41, 5.74) is -5.38. The molecule has 1 heterocycles. The molecule has 2 amide bonds. The number of aromatic nitrogens is 1. The van der Waals surface area contributed by atoms with E-state index in [9.17, 15) is 50.2 Å². The number of carboxylic acid groups (broad SMARTS) is 1. The number of nitrogens with zero attached hydrogens (tertiary/aromatic N) is 2. The summed E-state index contributed by atoms with van der Waals surface area (Å²) in [6.07, 6.45) is -10.4. The topological polar surface area (TPSA) is 109 Å². The zero-order valence-corrected chi connectivity index (χ0v) is 28.0. The van der Waals surface area contributed by atoms with E-state index in [0.29, 0.717) is 23.3 Å². The first-order valence-corrected chi connectivity index (χ1v) is 14.9. The largest absolute Gasteiger partial charge is 0.480 e. The summed E-state index contributed by atoms with van der Waals surface area (Å²) < 4.78 is 101. The first-order chi connectivity index (χ1) is 22.8. The molecule has 0 unspecified atom stereocenters. The average molecular weight is 710 g/mol. The molecule has 2 aromatic carbocycles. The highest BCUT2D eigenvalue weighted by Crippen LogP contribution is 2.41. The van der Waals surface area contributed by atoms with E-state index in [1.54, 1.807) is 27.7 Å². The van der Waals surface area contributed by atoms with Crippen molar-refractivity contribution >= 4 is 23.7 Å². The van der Waals surface area contributed by atoms with Crippen LogP contribution in [0.2, 0.25) is 0 Å². The maximum absolute atomic E-state index is 14.0. The van der Waals surface area contributed by atoms with Gasteiger partial charge < -0.3 is 20.1 Å². The van der Waals surface area contributed by atoms with E-state index in [0.717, 1.165) is 11.0 Å². The molecule has 0 fully saturated rings. The van der Waals surface area contributed by atoms with Crippen LogP contribution in [-0.4, -0.2) is 46.8 Å². The molecule has 50 heavy (non-hydrogen) atoms. The van der Waals surface area contributed by atoms with Gasteiger partial charge in [-0.2, -0.15) is 26.3 Å². The quantitative estimate of drug-likeness (QED) is 0.191. The Balaban J connectivity index is 2.08. The van der Waals surface area contributed by atoms with Crippen molar-refractivity contribution in [3.63, 3.8) is 0 Å². The van der Waals surface area contributed by atoms with E-state index in [1.165, 1.54) is 45.3 Å². The minimum atomic E-state index is -5.13. The van der Waals surface area contributed by atoms with Gasteiger partial charge in [0, 0.05) is 19.0 Å². The number of ether oxygens (including phenoxy) is 1. The first-order valence-electron chi connectivity index (χ1n) is 14.9. The second kappa shape index (κ2) is 14.4. The number of nitrogens with one attached hydrogen (secondary N) is 1. The molecule has 0 aliphatic carbocycles. The van der Waals surface area contributed by atoms with E-state index in [-0.39, 0.29) is 29.4 Å². The number of benzene rings is 2. The number of pyridine rings is 1. The minimum absolute atomic E-state index is 0.0286. The number of rotatable bonds is 7. The maximum Gasteiger partial charge on any atom is 0.416 e. The van der Waals surface area contributed by atoms with Gasteiger partial charge in [-0.15, -0.1) is 0 Å². The number of anilines is 1. The standard InChI is InChI=1S/C35H34F7N3O5/c1-19-13-23(36)11-12-25(19)26-17-24(9-8-10-27(29(46)47)44-31(49)50-32(2,3)4)43-18-28(26)45(7)30(48)33(5,6)20-14-21(34(37,38)39)16-22(15-20)35(40,41)42/h11-18,27H,10H2,1-7H3,(H,44,49)(H,46,47)/t27-/m1/s1. The van der Waals surface area contributed by atoms with Crippen LogP contribution < -0.4 is 10.2 Å². The number of hydrogen-bond donors (Lipinski definition) is 2. The number of halogens is 7. The van der Waals surface area contributed by atoms with Crippen molar-refractivity contribution in [3.8, 4) is 23.0 Å². The summed E-state index contributed by atoms with van der Waals surface area (Å²) in [7, 11) is 1.26. The predicted octanol–water partition coefficient (Wildman–Crippen LogP) is 7.89. The third-order valence-corrected chi connectivity index (χ3v) is 7.38. The summed E-state index contributed by atoms with van der Waals surface area (Å²) in [6.45, 7) is 8.72. The molecule has 0 radical (unpaired) electrons. The monoisotopic (exact) mass is 709 g/mol. The number of alkyl carbamates (subject to hydrolysis) is 1. The highest BCUT2D eigenvalue weighted by molar-refractivity contribution is 6.03. The predicted molar refractivity (Wildman–Crippen MR) is 170 cm³/mol. The molecule has 0 spiro atoms. The highest BCUT2D eigenvalue weighted by Gasteiger charge is 2.41. The van der Waals surface area contributed by atoms with Gasteiger partial charge in [-0.25, -0.2) is 19.0 Å². The summed E-state index contributed by atoms with van der Waals surface area (Å²) >= 11 is 0. The van der Waals surface area contributed by atoms with Gasteiger partial charge >= 0.3 is 24.4 Å². The second-order valence-electron chi connectivity index (χ2n) is 12.9. The molecule has 0 saturated heterocycles. The number of carboxylic acids is 1. The Morgan fingerprint density at radius 2 is 1.46 bits per heavy atom. The lowest BCUT2D eigenvalue weighted by atomic mass is 9.81. The summed E-state index contributed by atoms with van der Waals surface area (Å²) in [6, 6.07) is 4.66. The van der Waals surface area contributed by atoms with Gasteiger partial charge in [0.05, 0.1) is 28.4 Å². The van der Waals surface area contributed by atoms with E-state index >= 15 is 0 Å². The molecule has 1 atom stereocenters. The number of likely N-dealkylation sites (N-methyl/N-ethyl adjacent to an activating group) is 1. The Labute approximate surface area is 283 Å². The molecule has 0 aliphatic rings. The Kier molecular flexibility index (Phi) is 11.3. The lowest BCUT2D eigenvalue weighted by Gasteiger charge is -2.32. The molecule has 8 nitrogen and oxygen atoms in total. The molecule has 0 aliphatic heterocycles. The van der Waals surface area contributed by atoms with Crippen molar-refractivity contribution in [2.45, 2.75) is 77.4 Å². The number of alkyl halides is 6. The van der Waals surface area contributed by atoms with Crippen LogP contribution in [0.5, 0.6) is 0 Å². The number of aliphatic carboxylic acids is 1. The fraction of sp³-hybridized carbons (Fsp3) is 0.371. The van der Waals surface area contributed by atoms with Crippen LogP contribution in [0.1, 0.15) is 69.0 Å². The van der Waals surface area contributed by atoms with Crippen LogP contribution in [0.15, 0.2) is 48.7 Å². The molecule has 3 aromatic rings. The van der Waals surface area contributed by atoms with E-state index in [1.807, 2.05) is 0 Å². The molecule has 3 rings (SSSR count). The molecular formula is C35H34F7N3O5. The molecule has 268 valence electrons. The van der Waals surface area contributed by atoms with E-state index < -0.39 is 69.9 Å². The lowest BCUT2D eigenvalue weighted by Crippen LogP contribution is -2.43. The third-order valence-electron chi connectivity index (χ3n) is 7.38. The van der Waals surface area contributed by atoms with Crippen LogP contribution in [0.25, 0.3) is 11.1 Å². The molecule has 15 heteroatoms. The van der Waals surface area contributed by atoms with Crippen LogP contribution in [0, 0.1) is 24.6 Å². The molecule has 0 saturated carbocycles. The van der Waals surface area contributed by atoms with Gasteiger partial charge in [0.15, 0.2) is 0 Å². The van der Waals surface area contributed by atoms with E-state index in [2.05, 4.69) is 22.1 Å². The minimum Gasteiger partial charge on any atom is -0.480 e. The number of hydrogen-bond acceptors (Lipinski definition) is 5. The van der Waals surface area contributed by atoms with Gasteiger partial charge in [-0.05, 0) is 101 Å². The second-order valence-corrected chi connectivity index (χ2v) is 12.9. The van der Waals surface area contributed by atoms with Crippen molar-refractivity contribution in [1.29, 1.82) is 0 Å². The summed E-state index contributed by atoms with van der Waals surface area (Å²) in [5.74, 6) is 2.43. The summed E-state index contributed by atoms with van der Waals surface area (Å²) in [5, 5.41) is 11.7. The zero-order valence-electron chi connectivity index (χ0n) is 28.0. The van der Waals surface area contributed by atoms with Crippen molar-refractivity contribution in [1.82, 2.24) is 10.3 Å². The van der Waals surface area contributed by atoms with E-state index in [4.69, 9.17) is 4.74 Å². The fourth-order valence-electron chi connectivity index (χ4n) is 4.79. The van der Waals surface area contributed by atoms with Crippen LogP contribution in [0.4, 0.5) is 41.2 Å².